The fourth-order valence-electron chi connectivity index (χ4n) is 1.42. The molecule has 0 aliphatic rings. The SMILES string of the molecule is COC(=O)C(C)Oc1ccc(Cl)cc1CCN. The van der Waals surface area contributed by atoms with Gasteiger partial charge in [-0.15, -0.1) is 0 Å². The number of carbonyl (C=O) groups excluding carboxylic acids is 1. The van der Waals surface area contributed by atoms with E-state index in [0.717, 1.165) is 5.56 Å². The highest BCUT2D eigenvalue weighted by atomic mass is 35.5. The van der Waals surface area contributed by atoms with Gasteiger partial charge in [-0.1, -0.05) is 11.6 Å². The minimum Gasteiger partial charge on any atom is -0.479 e. The van der Waals surface area contributed by atoms with Gasteiger partial charge in [0.2, 0.25) is 0 Å². The molecule has 94 valence electrons. The van der Waals surface area contributed by atoms with Crippen molar-refractivity contribution < 1.29 is 14.3 Å². The summed E-state index contributed by atoms with van der Waals surface area (Å²) in [5.74, 6) is 0.191. The third-order valence-corrected chi connectivity index (χ3v) is 2.51. The minimum absolute atomic E-state index is 0.418. The van der Waals surface area contributed by atoms with Crippen LogP contribution in [0.4, 0.5) is 0 Å². The van der Waals surface area contributed by atoms with E-state index < -0.39 is 12.1 Å². The van der Waals surface area contributed by atoms with E-state index in [1.165, 1.54) is 7.11 Å². The molecule has 1 unspecified atom stereocenters. The van der Waals surface area contributed by atoms with Crippen molar-refractivity contribution >= 4 is 17.6 Å². The van der Waals surface area contributed by atoms with Crippen molar-refractivity contribution in [2.75, 3.05) is 13.7 Å². The Hall–Kier alpha value is -1.26. The molecule has 1 atom stereocenters. The predicted molar refractivity (Wildman–Crippen MR) is 66.3 cm³/mol. The number of ether oxygens (including phenoxy) is 2. The van der Waals surface area contributed by atoms with Crippen LogP contribution in [-0.4, -0.2) is 25.7 Å². The number of benzene rings is 1. The molecule has 0 heterocycles. The molecule has 0 radical (unpaired) electrons. The third-order valence-electron chi connectivity index (χ3n) is 2.27. The zero-order valence-electron chi connectivity index (χ0n) is 9.90. The first-order chi connectivity index (χ1) is 8.08. The zero-order valence-corrected chi connectivity index (χ0v) is 10.7. The average molecular weight is 258 g/mol. The van der Waals surface area contributed by atoms with Crippen LogP contribution < -0.4 is 10.5 Å². The van der Waals surface area contributed by atoms with Crippen LogP contribution in [0.15, 0.2) is 18.2 Å². The molecule has 0 aliphatic heterocycles. The number of carbonyl (C=O) groups is 1. The topological polar surface area (TPSA) is 61.5 Å². The van der Waals surface area contributed by atoms with E-state index in [4.69, 9.17) is 22.1 Å². The Bertz CT molecular complexity index is 395. The summed E-state index contributed by atoms with van der Waals surface area (Å²) < 4.78 is 10.1. The van der Waals surface area contributed by atoms with Crippen molar-refractivity contribution in [3.63, 3.8) is 0 Å². The molecule has 0 aliphatic carbocycles. The molecule has 4 nitrogen and oxygen atoms in total. The minimum atomic E-state index is -0.655. The smallest absolute Gasteiger partial charge is 0.346 e. The van der Waals surface area contributed by atoms with Crippen molar-refractivity contribution in [2.45, 2.75) is 19.4 Å². The number of methoxy groups -OCH3 is 1. The van der Waals surface area contributed by atoms with Gasteiger partial charge in [-0.05, 0) is 43.7 Å². The highest BCUT2D eigenvalue weighted by Crippen LogP contribution is 2.24. The van der Waals surface area contributed by atoms with E-state index in [1.54, 1.807) is 25.1 Å². The predicted octanol–water partition coefficient (Wildman–Crippen LogP) is 1.78. The van der Waals surface area contributed by atoms with Crippen molar-refractivity contribution in [3.05, 3.63) is 28.8 Å². The summed E-state index contributed by atoms with van der Waals surface area (Å²) in [6.07, 6.45) is -0.0123. The van der Waals surface area contributed by atoms with Crippen LogP contribution in [-0.2, 0) is 16.0 Å². The second-order valence-electron chi connectivity index (χ2n) is 3.57. The molecular formula is C12H16ClNO3. The lowest BCUT2D eigenvalue weighted by molar-refractivity contribution is -0.147. The summed E-state index contributed by atoms with van der Waals surface area (Å²) in [5, 5.41) is 0.617. The first-order valence-electron chi connectivity index (χ1n) is 5.31. The Morgan fingerprint density at radius 3 is 2.82 bits per heavy atom. The number of nitrogens with two attached hydrogens (primary N) is 1. The molecule has 0 saturated carbocycles. The van der Waals surface area contributed by atoms with Gasteiger partial charge in [-0.2, -0.15) is 0 Å². The molecule has 5 heteroatoms. The van der Waals surface area contributed by atoms with Crippen molar-refractivity contribution in [1.82, 2.24) is 0 Å². The fraction of sp³-hybridized carbons (Fsp3) is 0.417. The molecule has 0 amide bonds. The molecule has 0 aromatic heterocycles. The van der Waals surface area contributed by atoms with Gasteiger partial charge in [0.1, 0.15) is 5.75 Å². The Morgan fingerprint density at radius 1 is 1.53 bits per heavy atom. The van der Waals surface area contributed by atoms with Gasteiger partial charge in [0, 0.05) is 5.02 Å². The standard InChI is InChI=1S/C12H16ClNO3/c1-8(12(15)16-2)17-11-4-3-10(13)7-9(11)5-6-14/h3-4,7-8H,5-6,14H2,1-2H3. The largest absolute Gasteiger partial charge is 0.479 e. The molecule has 0 saturated heterocycles. The normalized spacial score (nSPS) is 12.0. The van der Waals surface area contributed by atoms with Crippen LogP contribution >= 0.6 is 11.6 Å². The van der Waals surface area contributed by atoms with Crippen LogP contribution in [0.25, 0.3) is 0 Å². The Balaban J connectivity index is 2.85. The zero-order chi connectivity index (χ0) is 12.8. The molecule has 0 spiro atoms. The second kappa shape index (κ2) is 6.47. The summed E-state index contributed by atoms with van der Waals surface area (Å²) >= 11 is 5.89. The number of rotatable bonds is 5. The maximum absolute atomic E-state index is 11.3. The van der Waals surface area contributed by atoms with Gasteiger partial charge < -0.3 is 15.2 Å². The molecule has 1 aromatic rings. The summed E-state index contributed by atoms with van der Waals surface area (Å²) in [6.45, 7) is 2.12. The van der Waals surface area contributed by atoms with Crippen molar-refractivity contribution in [2.24, 2.45) is 5.73 Å². The summed E-state index contributed by atoms with van der Waals surface area (Å²) in [7, 11) is 1.32. The van der Waals surface area contributed by atoms with Gasteiger partial charge in [0.05, 0.1) is 7.11 Å². The van der Waals surface area contributed by atoms with Crippen LogP contribution in [0.5, 0.6) is 5.75 Å². The number of halogens is 1. The highest BCUT2D eigenvalue weighted by Gasteiger charge is 2.16. The average Bonchev–Trinajstić information content (AvgIpc) is 2.31. The molecule has 2 N–H and O–H groups in total. The maximum Gasteiger partial charge on any atom is 0.346 e. The van der Waals surface area contributed by atoms with E-state index in [2.05, 4.69) is 4.74 Å². The molecule has 1 rings (SSSR count). The van der Waals surface area contributed by atoms with Crippen LogP contribution in [0.3, 0.4) is 0 Å². The van der Waals surface area contributed by atoms with Crippen LogP contribution in [0.2, 0.25) is 5.02 Å². The first-order valence-corrected chi connectivity index (χ1v) is 5.69. The highest BCUT2D eigenvalue weighted by molar-refractivity contribution is 6.30. The summed E-state index contributed by atoms with van der Waals surface area (Å²) in [4.78, 5) is 11.3. The summed E-state index contributed by atoms with van der Waals surface area (Å²) in [5.41, 5.74) is 6.39. The van der Waals surface area contributed by atoms with Crippen molar-refractivity contribution in [1.29, 1.82) is 0 Å². The van der Waals surface area contributed by atoms with Crippen molar-refractivity contribution in [3.8, 4) is 5.75 Å². The van der Waals surface area contributed by atoms with E-state index in [0.29, 0.717) is 23.7 Å². The molecule has 0 bridgehead atoms. The molecule has 17 heavy (non-hydrogen) atoms. The van der Waals surface area contributed by atoms with Gasteiger partial charge in [-0.25, -0.2) is 4.79 Å². The Kier molecular flexibility index (Phi) is 5.25. The molecule has 0 fully saturated rings. The van der Waals surface area contributed by atoms with Gasteiger partial charge in [0.25, 0.3) is 0 Å². The monoisotopic (exact) mass is 257 g/mol. The molecular weight excluding hydrogens is 242 g/mol. The molecule has 1 aromatic carbocycles. The quantitative estimate of drug-likeness (QED) is 0.817. The lowest BCUT2D eigenvalue weighted by Gasteiger charge is -2.15. The second-order valence-corrected chi connectivity index (χ2v) is 4.01. The van der Waals surface area contributed by atoms with E-state index in [1.807, 2.05) is 0 Å². The van der Waals surface area contributed by atoms with Gasteiger partial charge in [0.15, 0.2) is 6.10 Å². The first kappa shape index (κ1) is 13.8. The summed E-state index contributed by atoms with van der Waals surface area (Å²) in [6, 6.07) is 5.22. The lowest BCUT2D eigenvalue weighted by atomic mass is 10.1. The van der Waals surface area contributed by atoms with E-state index in [-0.39, 0.29) is 0 Å². The number of hydrogen-bond acceptors (Lipinski definition) is 4. The van der Waals surface area contributed by atoms with Crippen LogP contribution in [0.1, 0.15) is 12.5 Å². The maximum atomic E-state index is 11.3. The van der Waals surface area contributed by atoms with E-state index in [9.17, 15) is 4.79 Å². The Labute approximate surface area is 106 Å². The fourth-order valence-corrected chi connectivity index (χ4v) is 1.61. The number of esters is 1. The number of hydrogen-bond donors (Lipinski definition) is 1. The van der Waals surface area contributed by atoms with Gasteiger partial charge in [-0.3, -0.25) is 0 Å². The van der Waals surface area contributed by atoms with E-state index >= 15 is 0 Å². The van der Waals surface area contributed by atoms with Crippen LogP contribution in [0, 0.1) is 0 Å². The Morgan fingerprint density at radius 2 is 2.24 bits per heavy atom. The van der Waals surface area contributed by atoms with Gasteiger partial charge >= 0.3 is 5.97 Å². The third kappa shape index (κ3) is 3.91. The lowest BCUT2D eigenvalue weighted by Crippen LogP contribution is -2.25.